The molecule has 1 atom stereocenters. The van der Waals surface area contributed by atoms with Crippen LogP contribution in [0.1, 0.15) is 17.2 Å². The highest BCUT2D eigenvalue weighted by Crippen LogP contribution is 2.21. The average Bonchev–Trinajstić information content (AvgIpc) is 2.53. The zero-order valence-corrected chi connectivity index (χ0v) is 12.0. The molecule has 0 fully saturated rings. The van der Waals surface area contributed by atoms with Crippen molar-refractivity contribution in [1.82, 2.24) is 15.3 Å². The lowest BCUT2D eigenvalue weighted by atomic mass is 10.0. The van der Waals surface area contributed by atoms with Crippen LogP contribution >= 0.6 is 0 Å². The Labute approximate surface area is 119 Å². The van der Waals surface area contributed by atoms with Gasteiger partial charge in [-0.15, -0.1) is 0 Å². The number of aromatic nitrogens is 2. The van der Waals surface area contributed by atoms with Gasteiger partial charge in [-0.1, -0.05) is 6.07 Å². The summed E-state index contributed by atoms with van der Waals surface area (Å²) in [7, 11) is 5.18. The largest absolute Gasteiger partial charge is 0.495 e. The van der Waals surface area contributed by atoms with Crippen LogP contribution in [0.5, 0.6) is 11.6 Å². The Kier molecular flexibility index (Phi) is 4.90. The summed E-state index contributed by atoms with van der Waals surface area (Å²) in [4.78, 5) is 8.41. The third-order valence-electron chi connectivity index (χ3n) is 3.17. The molecule has 0 aliphatic heterocycles. The van der Waals surface area contributed by atoms with Gasteiger partial charge in [-0.05, 0) is 30.7 Å². The second-order valence-corrected chi connectivity index (χ2v) is 4.41. The van der Waals surface area contributed by atoms with E-state index in [4.69, 9.17) is 9.47 Å². The lowest BCUT2D eigenvalue weighted by Gasteiger charge is -2.17. The summed E-state index contributed by atoms with van der Waals surface area (Å²) in [5, 5.41) is 3.29. The molecule has 0 bridgehead atoms. The van der Waals surface area contributed by atoms with Crippen LogP contribution in [-0.4, -0.2) is 31.2 Å². The van der Waals surface area contributed by atoms with Crippen LogP contribution in [0.15, 0.2) is 36.8 Å². The van der Waals surface area contributed by atoms with Gasteiger partial charge in [0.2, 0.25) is 5.88 Å². The topological polar surface area (TPSA) is 56.3 Å². The number of methoxy groups -OCH3 is 2. The Balaban J connectivity index is 2.14. The molecule has 0 amide bonds. The summed E-state index contributed by atoms with van der Waals surface area (Å²) < 4.78 is 10.3. The minimum absolute atomic E-state index is 0.160. The minimum Gasteiger partial charge on any atom is -0.495 e. The van der Waals surface area contributed by atoms with Crippen molar-refractivity contribution in [3.05, 3.63) is 47.9 Å². The van der Waals surface area contributed by atoms with Crippen molar-refractivity contribution in [1.29, 1.82) is 0 Å². The molecule has 1 N–H and O–H groups in total. The van der Waals surface area contributed by atoms with Crippen LogP contribution in [0.3, 0.4) is 0 Å². The molecule has 0 aliphatic rings. The third kappa shape index (κ3) is 3.45. The normalized spacial score (nSPS) is 11.9. The van der Waals surface area contributed by atoms with Crippen LogP contribution in [-0.2, 0) is 6.42 Å². The zero-order valence-electron chi connectivity index (χ0n) is 12.0. The highest BCUT2D eigenvalue weighted by atomic mass is 16.5. The van der Waals surface area contributed by atoms with Crippen LogP contribution in [0.25, 0.3) is 0 Å². The molecule has 20 heavy (non-hydrogen) atoms. The highest BCUT2D eigenvalue weighted by Gasteiger charge is 2.12. The van der Waals surface area contributed by atoms with Gasteiger partial charge < -0.3 is 14.8 Å². The Bertz CT molecular complexity index is 543. The molecule has 5 heteroatoms. The van der Waals surface area contributed by atoms with Crippen molar-refractivity contribution in [2.45, 2.75) is 12.5 Å². The van der Waals surface area contributed by atoms with E-state index >= 15 is 0 Å². The number of hydrogen-bond donors (Lipinski definition) is 1. The number of likely N-dealkylation sites (N-methyl/N-ethyl adjacent to an activating group) is 1. The van der Waals surface area contributed by atoms with E-state index in [0.29, 0.717) is 5.88 Å². The predicted octanol–water partition coefficient (Wildman–Crippen LogP) is 2.00. The quantitative estimate of drug-likeness (QED) is 0.872. The highest BCUT2D eigenvalue weighted by molar-refractivity contribution is 5.28. The molecule has 0 aliphatic carbocycles. The molecule has 2 heterocycles. The molecule has 0 saturated heterocycles. The third-order valence-corrected chi connectivity index (χ3v) is 3.17. The summed E-state index contributed by atoms with van der Waals surface area (Å²) in [5.41, 5.74) is 2.22. The van der Waals surface area contributed by atoms with E-state index in [9.17, 15) is 0 Å². The molecule has 2 rings (SSSR count). The summed E-state index contributed by atoms with van der Waals surface area (Å²) in [6, 6.07) is 6.04. The summed E-state index contributed by atoms with van der Waals surface area (Å²) in [6.45, 7) is 0. The van der Waals surface area contributed by atoms with Gasteiger partial charge in [-0.2, -0.15) is 0 Å². The lowest BCUT2D eigenvalue weighted by Crippen LogP contribution is -2.19. The fraction of sp³-hybridized carbons (Fsp3) is 0.333. The van der Waals surface area contributed by atoms with Crippen LogP contribution < -0.4 is 14.8 Å². The number of pyridine rings is 2. The van der Waals surface area contributed by atoms with Crippen LogP contribution in [0.4, 0.5) is 0 Å². The van der Waals surface area contributed by atoms with E-state index in [1.54, 1.807) is 20.4 Å². The second kappa shape index (κ2) is 6.86. The van der Waals surface area contributed by atoms with Gasteiger partial charge in [-0.25, -0.2) is 4.98 Å². The van der Waals surface area contributed by atoms with E-state index in [2.05, 4.69) is 15.3 Å². The first kappa shape index (κ1) is 14.3. The van der Waals surface area contributed by atoms with E-state index in [1.165, 1.54) is 0 Å². The van der Waals surface area contributed by atoms with Gasteiger partial charge in [0.15, 0.2) is 0 Å². The molecule has 0 radical (unpaired) electrons. The maximum atomic E-state index is 5.21. The second-order valence-electron chi connectivity index (χ2n) is 4.41. The van der Waals surface area contributed by atoms with Gasteiger partial charge in [0, 0.05) is 24.5 Å². The maximum Gasteiger partial charge on any atom is 0.212 e. The molecular weight excluding hydrogens is 254 g/mol. The van der Waals surface area contributed by atoms with Crippen molar-refractivity contribution < 1.29 is 9.47 Å². The summed E-state index contributed by atoms with van der Waals surface area (Å²) in [6.07, 6.45) is 6.20. The Morgan fingerprint density at radius 1 is 1.15 bits per heavy atom. The fourth-order valence-electron chi connectivity index (χ4n) is 2.01. The Morgan fingerprint density at radius 3 is 2.60 bits per heavy atom. The van der Waals surface area contributed by atoms with E-state index in [0.717, 1.165) is 23.3 Å². The molecule has 106 valence electrons. The molecule has 2 aromatic heterocycles. The first-order chi connectivity index (χ1) is 9.76. The first-order valence-corrected chi connectivity index (χ1v) is 6.42. The Morgan fingerprint density at radius 2 is 2.00 bits per heavy atom. The smallest absolute Gasteiger partial charge is 0.212 e. The maximum absolute atomic E-state index is 5.21. The number of hydrogen-bond acceptors (Lipinski definition) is 5. The van der Waals surface area contributed by atoms with E-state index in [1.807, 2.05) is 37.6 Å². The molecule has 1 unspecified atom stereocenters. The Hall–Kier alpha value is -2.14. The SMILES string of the molecule is CNC(Cc1ccc(OC)nc1)c1cncc(OC)c1. The molecule has 0 spiro atoms. The van der Waals surface area contributed by atoms with E-state index < -0.39 is 0 Å². The molecular formula is C15H19N3O2. The van der Waals surface area contributed by atoms with Crippen molar-refractivity contribution >= 4 is 0 Å². The molecule has 0 saturated carbocycles. The van der Waals surface area contributed by atoms with Crippen LogP contribution in [0.2, 0.25) is 0 Å². The van der Waals surface area contributed by atoms with E-state index in [-0.39, 0.29) is 6.04 Å². The fourth-order valence-corrected chi connectivity index (χ4v) is 2.01. The summed E-state index contributed by atoms with van der Waals surface area (Å²) in [5.74, 6) is 1.38. The number of rotatable bonds is 6. The standard InChI is InChI=1S/C15H19N3O2/c1-16-14(12-7-13(19-2)10-17-9-12)6-11-4-5-15(20-3)18-8-11/h4-5,7-10,14,16H,6H2,1-3H3. The van der Waals surface area contributed by atoms with Gasteiger partial charge >= 0.3 is 0 Å². The first-order valence-electron chi connectivity index (χ1n) is 6.42. The van der Waals surface area contributed by atoms with Crippen LogP contribution in [0, 0.1) is 0 Å². The number of ether oxygens (including phenoxy) is 2. The predicted molar refractivity (Wildman–Crippen MR) is 77.1 cm³/mol. The molecule has 0 aromatic carbocycles. The monoisotopic (exact) mass is 273 g/mol. The number of nitrogens with one attached hydrogen (secondary N) is 1. The molecule has 2 aromatic rings. The van der Waals surface area contributed by atoms with Crippen molar-refractivity contribution in [3.63, 3.8) is 0 Å². The average molecular weight is 273 g/mol. The summed E-state index contributed by atoms with van der Waals surface area (Å²) >= 11 is 0. The van der Waals surface area contributed by atoms with Crippen molar-refractivity contribution in [2.75, 3.05) is 21.3 Å². The van der Waals surface area contributed by atoms with Gasteiger partial charge in [0.25, 0.3) is 0 Å². The van der Waals surface area contributed by atoms with Gasteiger partial charge in [-0.3, -0.25) is 4.98 Å². The van der Waals surface area contributed by atoms with Gasteiger partial charge in [0.05, 0.1) is 20.4 Å². The minimum atomic E-state index is 0.160. The van der Waals surface area contributed by atoms with Gasteiger partial charge in [0.1, 0.15) is 5.75 Å². The van der Waals surface area contributed by atoms with Crippen molar-refractivity contribution in [2.24, 2.45) is 0 Å². The zero-order chi connectivity index (χ0) is 14.4. The number of nitrogens with zero attached hydrogens (tertiary/aromatic N) is 2. The lowest BCUT2D eigenvalue weighted by molar-refractivity contribution is 0.397. The molecule has 5 nitrogen and oxygen atoms in total. The van der Waals surface area contributed by atoms with Crippen molar-refractivity contribution in [3.8, 4) is 11.6 Å².